The second kappa shape index (κ2) is 6.54. The third kappa shape index (κ3) is 2.60. The quantitative estimate of drug-likeness (QED) is 0.614. The van der Waals surface area contributed by atoms with E-state index in [-0.39, 0.29) is 41.4 Å². The number of carbonyl (C=O) groups is 3. The van der Waals surface area contributed by atoms with E-state index in [4.69, 9.17) is 4.74 Å². The molecule has 156 valence electrons. The monoisotopic (exact) mass is 414 g/mol. The zero-order chi connectivity index (χ0) is 21.3. The number of imide groups is 1. The minimum Gasteiger partial charge on any atom is -0.495 e. The van der Waals surface area contributed by atoms with Crippen LogP contribution in [0.3, 0.4) is 0 Å². The van der Waals surface area contributed by atoms with Crippen molar-refractivity contribution in [3.05, 3.63) is 66.2 Å². The van der Waals surface area contributed by atoms with Gasteiger partial charge in [0.25, 0.3) is 5.91 Å². The molecule has 6 atom stereocenters. The molecule has 6 nitrogen and oxygen atoms in total. The fraction of sp³-hybridized carbons (Fsp3) is 0.320. The summed E-state index contributed by atoms with van der Waals surface area (Å²) in [6, 6.07) is 13.9. The smallest absolute Gasteiger partial charge is 0.255 e. The van der Waals surface area contributed by atoms with E-state index in [1.54, 1.807) is 43.5 Å². The van der Waals surface area contributed by atoms with Crippen molar-refractivity contribution in [1.29, 1.82) is 0 Å². The van der Waals surface area contributed by atoms with Gasteiger partial charge in [-0.3, -0.25) is 14.4 Å². The van der Waals surface area contributed by atoms with Gasteiger partial charge in [0.05, 0.1) is 30.3 Å². The molecule has 1 N–H and O–H groups in total. The number of para-hydroxylation sites is 2. The van der Waals surface area contributed by atoms with E-state index in [0.29, 0.717) is 34.5 Å². The molecule has 3 amide bonds. The van der Waals surface area contributed by atoms with Crippen molar-refractivity contribution in [2.45, 2.75) is 6.42 Å². The third-order valence-electron chi connectivity index (χ3n) is 7.38. The Kier molecular flexibility index (Phi) is 3.88. The van der Waals surface area contributed by atoms with Gasteiger partial charge in [-0.15, -0.1) is 0 Å². The van der Waals surface area contributed by atoms with Gasteiger partial charge >= 0.3 is 0 Å². The summed E-state index contributed by atoms with van der Waals surface area (Å²) >= 11 is 0. The molecule has 0 spiro atoms. The normalized spacial score (nSPS) is 32.0. The zero-order valence-corrected chi connectivity index (χ0v) is 17.0. The molecule has 6 unspecified atom stereocenters. The molecule has 4 aliphatic carbocycles. The largest absolute Gasteiger partial charge is 0.495 e. The van der Waals surface area contributed by atoms with E-state index in [0.717, 1.165) is 6.42 Å². The molecule has 2 bridgehead atoms. The third-order valence-corrected chi connectivity index (χ3v) is 7.38. The highest BCUT2D eigenvalue weighted by Gasteiger charge is 2.67. The number of amides is 3. The van der Waals surface area contributed by atoms with Gasteiger partial charge in [-0.2, -0.15) is 0 Å². The van der Waals surface area contributed by atoms with E-state index in [2.05, 4.69) is 17.5 Å². The number of allylic oxidation sites excluding steroid dienone is 2. The topological polar surface area (TPSA) is 75.7 Å². The molecular weight excluding hydrogens is 392 g/mol. The predicted molar refractivity (Wildman–Crippen MR) is 115 cm³/mol. The minimum atomic E-state index is -0.328. The highest BCUT2D eigenvalue weighted by atomic mass is 16.5. The summed E-state index contributed by atoms with van der Waals surface area (Å²) in [6.45, 7) is 0. The summed E-state index contributed by atoms with van der Waals surface area (Å²) in [4.78, 5) is 40.8. The van der Waals surface area contributed by atoms with Crippen LogP contribution in [0.2, 0.25) is 0 Å². The van der Waals surface area contributed by atoms with Gasteiger partial charge in [-0.1, -0.05) is 30.4 Å². The molecule has 2 saturated carbocycles. The van der Waals surface area contributed by atoms with E-state index in [1.807, 2.05) is 12.1 Å². The molecule has 5 aliphatic rings. The van der Waals surface area contributed by atoms with Gasteiger partial charge in [0.15, 0.2) is 0 Å². The van der Waals surface area contributed by atoms with Crippen molar-refractivity contribution in [1.82, 2.24) is 0 Å². The number of anilines is 2. The standard InChI is InChI=1S/C25H22N2O4/c1-31-20-8-3-2-7-19(20)26-23(28)13-5-4-6-14(11-13)27-24(29)21-15-9-10-16(18-12-17(15)18)22(21)25(27)30/h2-11,15-18,21-22H,12H2,1H3,(H,26,28). The molecule has 31 heavy (non-hydrogen) atoms. The maximum absolute atomic E-state index is 13.3. The van der Waals surface area contributed by atoms with Crippen molar-refractivity contribution in [3.63, 3.8) is 0 Å². The van der Waals surface area contributed by atoms with Gasteiger partial charge in [-0.25, -0.2) is 4.90 Å². The molecule has 3 fully saturated rings. The second-order valence-electron chi connectivity index (χ2n) is 8.87. The Morgan fingerprint density at radius 2 is 1.65 bits per heavy atom. The first-order chi connectivity index (χ1) is 15.1. The number of carbonyl (C=O) groups excluding carboxylic acids is 3. The average Bonchev–Trinajstić information content (AvgIpc) is 3.57. The van der Waals surface area contributed by atoms with Crippen LogP contribution in [-0.4, -0.2) is 24.8 Å². The molecule has 1 saturated heterocycles. The number of benzene rings is 2. The lowest BCUT2D eigenvalue weighted by atomic mass is 9.63. The van der Waals surface area contributed by atoms with Crippen LogP contribution in [0.1, 0.15) is 16.8 Å². The maximum Gasteiger partial charge on any atom is 0.255 e. The first-order valence-electron chi connectivity index (χ1n) is 10.7. The lowest BCUT2D eigenvalue weighted by Crippen LogP contribution is -2.40. The van der Waals surface area contributed by atoms with Crippen LogP contribution in [0.4, 0.5) is 11.4 Å². The van der Waals surface area contributed by atoms with Gasteiger partial charge in [0.1, 0.15) is 5.75 Å². The summed E-state index contributed by atoms with van der Waals surface area (Å²) in [7, 11) is 1.54. The predicted octanol–water partition coefficient (Wildman–Crippen LogP) is 3.51. The summed E-state index contributed by atoms with van der Waals surface area (Å²) in [6.07, 6.45) is 5.45. The summed E-state index contributed by atoms with van der Waals surface area (Å²) in [5.41, 5.74) is 1.40. The van der Waals surface area contributed by atoms with Crippen LogP contribution >= 0.6 is 0 Å². The molecule has 7 rings (SSSR count). The Morgan fingerprint density at radius 1 is 0.968 bits per heavy atom. The summed E-state index contributed by atoms with van der Waals surface area (Å²) in [5.74, 6) is 0.959. The van der Waals surface area contributed by atoms with E-state index in [1.165, 1.54) is 4.90 Å². The molecule has 0 aromatic heterocycles. The summed E-state index contributed by atoms with van der Waals surface area (Å²) < 4.78 is 5.29. The lowest BCUT2D eigenvalue weighted by molar-refractivity contribution is -0.124. The van der Waals surface area contributed by atoms with Crippen molar-refractivity contribution in [2.75, 3.05) is 17.3 Å². The van der Waals surface area contributed by atoms with Crippen molar-refractivity contribution in [3.8, 4) is 5.75 Å². The van der Waals surface area contributed by atoms with Gasteiger partial charge < -0.3 is 10.1 Å². The lowest BCUT2D eigenvalue weighted by Gasteiger charge is -2.37. The molecule has 2 aromatic carbocycles. The second-order valence-corrected chi connectivity index (χ2v) is 8.87. The molecule has 1 heterocycles. The number of hydrogen-bond donors (Lipinski definition) is 1. The number of hydrogen-bond acceptors (Lipinski definition) is 4. The molecular formula is C25H22N2O4. The van der Waals surface area contributed by atoms with Crippen LogP contribution in [0, 0.1) is 35.5 Å². The van der Waals surface area contributed by atoms with Crippen LogP contribution < -0.4 is 15.0 Å². The van der Waals surface area contributed by atoms with Crippen LogP contribution in [0.5, 0.6) is 5.75 Å². The number of methoxy groups -OCH3 is 1. The first-order valence-corrected chi connectivity index (χ1v) is 10.7. The SMILES string of the molecule is COc1ccccc1NC(=O)c1cccc(N2C(=O)C3C4C=CC(C5CC45)C3C2=O)c1. The Morgan fingerprint density at radius 3 is 2.32 bits per heavy atom. The number of ether oxygens (including phenoxy) is 1. The van der Waals surface area contributed by atoms with Crippen molar-refractivity contribution < 1.29 is 19.1 Å². The van der Waals surface area contributed by atoms with Crippen LogP contribution in [-0.2, 0) is 9.59 Å². The highest BCUT2D eigenvalue weighted by molar-refractivity contribution is 6.23. The molecule has 1 aliphatic heterocycles. The van der Waals surface area contributed by atoms with Crippen molar-refractivity contribution in [2.24, 2.45) is 35.5 Å². The summed E-state index contributed by atoms with van der Waals surface area (Å²) in [5, 5.41) is 2.84. The van der Waals surface area contributed by atoms with Crippen LogP contribution in [0.15, 0.2) is 60.7 Å². The Balaban J connectivity index is 1.29. The zero-order valence-electron chi connectivity index (χ0n) is 17.0. The Bertz CT molecular complexity index is 1120. The first kappa shape index (κ1) is 18.4. The number of rotatable bonds is 4. The van der Waals surface area contributed by atoms with E-state index < -0.39 is 0 Å². The fourth-order valence-corrected chi connectivity index (χ4v) is 5.94. The van der Waals surface area contributed by atoms with E-state index in [9.17, 15) is 14.4 Å². The molecule has 6 heteroatoms. The molecule has 2 aromatic rings. The Labute approximate surface area is 179 Å². The number of nitrogens with zero attached hydrogens (tertiary/aromatic N) is 1. The van der Waals surface area contributed by atoms with Gasteiger partial charge in [0, 0.05) is 5.56 Å². The average molecular weight is 414 g/mol. The minimum absolute atomic E-state index is 0.123. The fourth-order valence-electron chi connectivity index (χ4n) is 5.94. The Hall–Kier alpha value is -3.41. The number of nitrogens with one attached hydrogen (secondary N) is 1. The highest BCUT2D eigenvalue weighted by Crippen LogP contribution is 2.65. The van der Waals surface area contributed by atoms with E-state index >= 15 is 0 Å². The van der Waals surface area contributed by atoms with Crippen LogP contribution in [0.25, 0.3) is 0 Å². The van der Waals surface area contributed by atoms with Gasteiger partial charge in [0.2, 0.25) is 11.8 Å². The van der Waals surface area contributed by atoms with Crippen molar-refractivity contribution >= 4 is 29.1 Å². The van der Waals surface area contributed by atoms with Gasteiger partial charge in [-0.05, 0) is 60.4 Å². The molecule has 0 radical (unpaired) electrons. The maximum atomic E-state index is 13.3.